The quantitative estimate of drug-likeness (QED) is 0.329. The number of benzene rings is 3. The summed E-state index contributed by atoms with van der Waals surface area (Å²) in [5.74, 6) is 1.63. The van der Waals surface area contributed by atoms with Gasteiger partial charge in [-0.3, -0.25) is 0 Å². The van der Waals surface area contributed by atoms with Gasteiger partial charge >= 0.3 is 0 Å². The molecule has 0 saturated heterocycles. The molecule has 6 rings (SSSR count). The number of aromatic amines is 1. The van der Waals surface area contributed by atoms with Crippen LogP contribution in [0, 0.1) is 6.92 Å². The summed E-state index contributed by atoms with van der Waals surface area (Å²) < 4.78 is 2.25. The van der Waals surface area contributed by atoms with Crippen molar-refractivity contribution >= 4 is 11.2 Å². The molecular formula is C29H25N7. The topological polar surface area (TPSA) is 85.2 Å². The summed E-state index contributed by atoms with van der Waals surface area (Å²) in [6.07, 6.45) is 0.840. The van der Waals surface area contributed by atoms with Gasteiger partial charge in [0, 0.05) is 17.5 Å². The second kappa shape index (κ2) is 9.19. The minimum atomic E-state index is 0.586. The van der Waals surface area contributed by atoms with Crippen LogP contribution in [0.25, 0.3) is 44.9 Å². The van der Waals surface area contributed by atoms with Gasteiger partial charge in [0.25, 0.3) is 0 Å². The van der Waals surface area contributed by atoms with E-state index in [-0.39, 0.29) is 0 Å². The molecule has 3 aromatic carbocycles. The number of pyridine rings is 1. The van der Waals surface area contributed by atoms with Crippen LogP contribution in [-0.2, 0) is 13.0 Å². The van der Waals surface area contributed by atoms with Gasteiger partial charge in [0.05, 0.1) is 12.2 Å². The molecule has 0 atom stereocenters. The number of aromatic nitrogens is 7. The van der Waals surface area contributed by atoms with Crippen LogP contribution in [0.3, 0.4) is 0 Å². The molecule has 0 radical (unpaired) electrons. The third-order valence-corrected chi connectivity index (χ3v) is 6.48. The number of H-pyrrole nitrogens is 1. The lowest BCUT2D eigenvalue weighted by Gasteiger charge is -2.11. The lowest BCUT2D eigenvalue weighted by molar-refractivity contribution is 0.746. The Kier molecular flexibility index (Phi) is 5.58. The number of nitrogens with one attached hydrogen (secondary N) is 1. The fraction of sp³-hybridized carbons (Fsp3) is 0.138. The van der Waals surface area contributed by atoms with Crippen LogP contribution >= 0.6 is 0 Å². The van der Waals surface area contributed by atoms with Gasteiger partial charge in [-0.05, 0) is 40.5 Å². The molecule has 3 heterocycles. The zero-order valence-corrected chi connectivity index (χ0v) is 20.2. The molecule has 7 heteroatoms. The molecule has 0 aliphatic carbocycles. The zero-order valence-electron chi connectivity index (χ0n) is 20.2. The lowest BCUT2D eigenvalue weighted by atomic mass is 9.98. The fourth-order valence-electron chi connectivity index (χ4n) is 4.66. The van der Waals surface area contributed by atoms with Crippen LogP contribution in [-0.4, -0.2) is 35.2 Å². The van der Waals surface area contributed by atoms with E-state index in [1.807, 2.05) is 36.4 Å². The van der Waals surface area contributed by atoms with Crippen molar-refractivity contribution in [2.45, 2.75) is 26.8 Å². The molecule has 0 saturated carbocycles. The summed E-state index contributed by atoms with van der Waals surface area (Å²) in [5.41, 5.74) is 9.42. The highest BCUT2D eigenvalue weighted by Crippen LogP contribution is 2.30. The maximum Gasteiger partial charge on any atom is 0.205 e. The summed E-state index contributed by atoms with van der Waals surface area (Å²) in [5, 5.41) is 14.6. The Hall–Kier alpha value is -4.65. The largest absolute Gasteiger partial charge is 0.308 e. The molecule has 3 aromatic heterocycles. The van der Waals surface area contributed by atoms with Crippen LogP contribution in [0.1, 0.15) is 23.9 Å². The Labute approximate surface area is 208 Å². The highest BCUT2D eigenvalue weighted by atomic mass is 15.5. The van der Waals surface area contributed by atoms with E-state index in [1.165, 1.54) is 5.56 Å². The van der Waals surface area contributed by atoms with E-state index in [1.54, 1.807) is 0 Å². The van der Waals surface area contributed by atoms with E-state index in [2.05, 4.69) is 87.6 Å². The molecule has 0 fully saturated rings. The van der Waals surface area contributed by atoms with Crippen molar-refractivity contribution < 1.29 is 0 Å². The first-order chi connectivity index (χ1) is 17.7. The van der Waals surface area contributed by atoms with Gasteiger partial charge in [-0.25, -0.2) is 9.97 Å². The normalized spacial score (nSPS) is 11.3. The summed E-state index contributed by atoms with van der Waals surface area (Å²) in [4.78, 5) is 10.00. The first-order valence-electron chi connectivity index (χ1n) is 12.1. The van der Waals surface area contributed by atoms with Crippen molar-refractivity contribution in [1.29, 1.82) is 0 Å². The predicted molar refractivity (Wildman–Crippen MR) is 141 cm³/mol. The third-order valence-electron chi connectivity index (χ3n) is 6.48. The molecule has 0 amide bonds. The lowest BCUT2D eigenvalue weighted by Crippen LogP contribution is -2.05. The Morgan fingerprint density at radius 3 is 2.28 bits per heavy atom. The van der Waals surface area contributed by atoms with E-state index in [0.717, 1.165) is 56.9 Å². The summed E-state index contributed by atoms with van der Waals surface area (Å²) in [7, 11) is 0. The first-order valence-corrected chi connectivity index (χ1v) is 12.1. The zero-order chi connectivity index (χ0) is 24.5. The molecule has 0 aliphatic rings. The van der Waals surface area contributed by atoms with E-state index >= 15 is 0 Å². The SMILES string of the molecule is CCc1nc2c(C)cc(-c3ccccc3)nc2n1Cc1ccc(-c2ccccc2-c2nn[nH]n2)cc1. The Morgan fingerprint density at radius 1 is 0.806 bits per heavy atom. The van der Waals surface area contributed by atoms with Crippen molar-refractivity contribution in [3.8, 4) is 33.8 Å². The van der Waals surface area contributed by atoms with E-state index in [0.29, 0.717) is 12.4 Å². The Morgan fingerprint density at radius 2 is 1.56 bits per heavy atom. The number of hydrogen-bond acceptors (Lipinski definition) is 5. The van der Waals surface area contributed by atoms with Crippen molar-refractivity contribution in [2.24, 2.45) is 0 Å². The number of fused-ring (bicyclic) bond motifs is 1. The second-order valence-electron chi connectivity index (χ2n) is 8.81. The van der Waals surface area contributed by atoms with Gasteiger partial charge in [0.2, 0.25) is 5.82 Å². The van der Waals surface area contributed by atoms with Crippen molar-refractivity contribution in [1.82, 2.24) is 35.2 Å². The Balaban J connectivity index is 1.37. The molecule has 1 N–H and O–H groups in total. The highest BCUT2D eigenvalue weighted by molar-refractivity contribution is 5.81. The molecule has 7 nitrogen and oxygen atoms in total. The molecule has 0 spiro atoms. The van der Waals surface area contributed by atoms with Crippen LogP contribution in [0.2, 0.25) is 0 Å². The molecule has 6 aromatic rings. The number of rotatable bonds is 6. The monoisotopic (exact) mass is 471 g/mol. The maximum atomic E-state index is 5.05. The number of tetrazole rings is 1. The van der Waals surface area contributed by atoms with Gasteiger partial charge in [-0.2, -0.15) is 5.21 Å². The maximum absolute atomic E-state index is 5.05. The van der Waals surface area contributed by atoms with Gasteiger partial charge < -0.3 is 4.57 Å². The minimum absolute atomic E-state index is 0.586. The number of hydrogen-bond donors (Lipinski definition) is 1. The van der Waals surface area contributed by atoms with Crippen molar-refractivity contribution in [3.63, 3.8) is 0 Å². The van der Waals surface area contributed by atoms with E-state index in [9.17, 15) is 0 Å². The summed E-state index contributed by atoms with van der Waals surface area (Å²) in [6.45, 7) is 4.96. The molecular weight excluding hydrogens is 446 g/mol. The van der Waals surface area contributed by atoms with Crippen LogP contribution in [0.5, 0.6) is 0 Å². The van der Waals surface area contributed by atoms with Crippen LogP contribution in [0.15, 0.2) is 84.9 Å². The fourth-order valence-corrected chi connectivity index (χ4v) is 4.66. The number of nitrogens with zero attached hydrogens (tertiary/aromatic N) is 6. The average Bonchev–Trinajstić information content (AvgIpc) is 3.59. The molecule has 0 bridgehead atoms. The van der Waals surface area contributed by atoms with Gasteiger partial charge in [-0.15, -0.1) is 10.2 Å². The van der Waals surface area contributed by atoms with Crippen LogP contribution < -0.4 is 0 Å². The highest BCUT2D eigenvalue weighted by Gasteiger charge is 2.16. The molecule has 176 valence electrons. The minimum Gasteiger partial charge on any atom is -0.308 e. The smallest absolute Gasteiger partial charge is 0.205 e. The second-order valence-corrected chi connectivity index (χ2v) is 8.81. The first kappa shape index (κ1) is 21.9. The average molecular weight is 472 g/mol. The van der Waals surface area contributed by atoms with Crippen molar-refractivity contribution in [3.05, 3.63) is 102 Å². The van der Waals surface area contributed by atoms with Gasteiger partial charge in [0.1, 0.15) is 11.3 Å². The molecule has 0 aliphatic heterocycles. The number of imidazole rings is 1. The Bertz CT molecular complexity index is 1630. The van der Waals surface area contributed by atoms with Crippen LogP contribution in [0.4, 0.5) is 0 Å². The predicted octanol–water partition coefficient (Wildman–Crippen LogP) is 5.86. The third kappa shape index (κ3) is 3.94. The summed E-state index contributed by atoms with van der Waals surface area (Å²) in [6, 6.07) is 29.2. The van der Waals surface area contributed by atoms with E-state index in [4.69, 9.17) is 9.97 Å². The molecule has 36 heavy (non-hydrogen) atoms. The van der Waals surface area contributed by atoms with Gasteiger partial charge in [0.15, 0.2) is 5.65 Å². The standard InChI is InChI=1S/C29H25N7/c1-3-26-31-27-19(2)17-25(22-9-5-4-6-10-22)30-29(27)36(26)18-20-13-15-21(16-14-20)23-11-7-8-12-24(23)28-32-34-35-33-28/h4-17H,3,18H2,1-2H3,(H,32,33,34,35). The van der Waals surface area contributed by atoms with Gasteiger partial charge in [-0.1, -0.05) is 85.8 Å². The molecule has 0 unspecified atom stereocenters. The summed E-state index contributed by atoms with van der Waals surface area (Å²) >= 11 is 0. The van der Waals surface area contributed by atoms with Crippen molar-refractivity contribution in [2.75, 3.05) is 0 Å². The number of aryl methyl sites for hydroxylation is 2. The van der Waals surface area contributed by atoms with E-state index < -0.39 is 0 Å².